The predicted octanol–water partition coefficient (Wildman–Crippen LogP) is 5.66. The molecule has 0 radical (unpaired) electrons. The molecular weight excluding hydrogens is 420 g/mol. The first-order valence-corrected chi connectivity index (χ1v) is 10.8. The van der Waals surface area contributed by atoms with Crippen molar-refractivity contribution in [3.8, 4) is 5.75 Å². The smallest absolute Gasteiger partial charge is 0.248 e. The Morgan fingerprint density at radius 3 is 2.74 bits per heavy atom. The summed E-state index contributed by atoms with van der Waals surface area (Å²) >= 11 is 5.63. The second-order valence-corrected chi connectivity index (χ2v) is 8.37. The molecule has 1 aliphatic carbocycles. The fourth-order valence-electron chi connectivity index (χ4n) is 4.14. The molecule has 2 aromatic carbocycles. The van der Waals surface area contributed by atoms with Gasteiger partial charge in [0.25, 0.3) is 0 Å². The Morgan fingerprint density at radius 2 is 2.03 bits per heavy atom. The van der Waals surface area contributed by atoms with E-state index in [2.05, 4.69) is 19.1 Å². The quantitative estimate of drug-likeness (QED) is 0.389. The van der Waals surface area contributed by atoms with Crippen molar-refractivity contribution in [1.29, 1.82) is 0 Å². The summed E-state index contributed by atoms with van der Waals surface area (Å²) in [5.41, 5.74) is 5.50. The van der Waals surface area contributed by atoms with E-state index < -0.39 is 11.6 Å². The summed E-state index contributed by atoms with van der Waals surface area (Å²) in [7, 11) is 0. The highest BCUT2D eigenvalue weighted by Crippen LogP contribution is 2.34. The number of nitrogens with zero attached hydrogens (tertiary/aromatic N) is 1. The molecule has 3 nitrogen and oxygen atoms in total. The first-order valence-electron chi connectivity index (χ1n) is 10.4. The van der Waals surface area contributed by atoms with Crippen LogP contribution < -0.4 is 4.74 Å². The molecule has 0 saturated carbocycles. The van der Waals surface area contributed by atoms with Crippen LogP contribution in [0.1, 0.15) is 36.5 Å². The lowest BCUT2D eigenvalue weighted by Gasteiger charge is -2.35. The molecule has 2 aromatic rings. The summed E-state index contributed by atoms with van der Waals surface area (Å²) in [6, 6.07) is 9.46. The van der Waals surface area contributed by atoms with Gasteiger partial charge in [0.1, 0.15) is 23.4 Å². The van der Waals surface area contributed by atoms with E-state index in [1.54, 1.807) is 0 Å². The second-order valence-electron chi connectivity index (χ2n) is 8.00. The van der Waals surface area contributed by atoms with Gasteiger partial charge in [-0.2, -0.15) is 0 Å². The predicted molar refractivity (Wildman–Crippen MR) is 118 cm³/mol. The molecular formula is C25H24ClF2NO2. The van der Waals surface area contributed by atoms with E-state index in [9.17, 15) is 13.6 Å². The third kappa shape index (κ3) is 4.82. The Kier molecular flexibility index (Phi) is 6.42. The molecule has 0 saturated heterocycles. The fraction of sp³-hybridized carbons (Fsp3) is 0.320. The molecule has 1 unspecified atom stereocenters. The van der Waals surface area contributed by atoms with Crippen LogP contribution in [0, 0.1) is 11.6 Å². The van der Waals surface area contributed by atoms with Crippen LogP contribution in [0.4, 0.5) is 8.78 Å². The van der Waals surface area contributed by atoms with Crippen molar-refractivity contribution in [1.82, 2.24) is 4.90 Å². The standard InChI is InChI=1S/C25H24ClF2NO2/c1-16-19(15-29-11-10-24(29)25(26)30)5-4-18-13-21(8-9-22(16)18)31-12-2-3-17-6-7-20(27)14-23(17)28/h6-11,13-14,24H,2-5,12,15H2,1H3. The minimum atomic E-state index is -0.562. The number of carbonyl (C=O) groups excluding carboxylic acids is 1. The summed E-state index contributed by atoms with van der Waals surface area (Å²) in [4.78, 5) is 13.4. The molecule has 0 bridgehead atoms. The molecule has 0 spiro atoms. The number of hydrogen-bond acceptors (Lipinski definition) is 3. The Hall–Kier alpha value is -2.66. The Balaban J connectivity index is 1.34. The number of carbonyl (C=O) groups is 1. The number of benzene rings is 2. The van der Waals surface area contributed by atoms with Gasteiger partial charge in [0.15, 0.2) is 0 Å². The Morgan fingerprint density at radius 1 is 1.19 bits per heavy atom. The topological polar surface area (TPSA) is 29.5 Å². The number of fused-ring (bicyclic) bond motifs is 1. The molecule has 1 atom stereocenters. The second kappa shape index (κ2) is 9.23. The van der Waals surface area contributed by atoms with Gasteiger partial charge in [-0.05, 0) is 103 Å². The highest BCUT2D eigenvalue weighted by Gasteiger charge is 2.28. The molecule has 0 amide bonds. The summed E-state index contributed by atoms with van der Waals surface area (Å²) in [6.07, 6.45) is 6.72. The summed E-state index contributed by atoms with van der Waals surface area (Å²) in [5.74, 6) is -0.275. The number of aryl methyl sites for hydroxylation is 2. The first kappa shape index (κ1) is 21.6. The summed E-state index contributed by atoms with van der Waals surface area (Å²) < 4.78 is 32.6. The Labute approximate surface area is 186 Å². The minimum absolute atomic E-state index is 0.317. The van der Waals surface area contributed by atoms with Crippen LogP contribution >= 0.6 is 11.6 Å². The van der Waals surface area contributed by atoms with Gasteiger partial charge in [0, 0.05) is 12.6 Å². The number of hydrogen-bond donors (Lipinski definition) is 0. The maximum Gasteiger partial charge on any atom is 0.248 e. The summed E-state index contributed by atoms with van der Waals surface area (Å²) in [6.45, 7) is 3.29. The average molecular weight is 444 g/mol. The van der Waals surface area contributed by atoms with Gasteiger partial charge in [0.05, 0.1) is 6.61 Å². The van der Waals surface area contributed by atoms with E-state index in [4.69, 9.17) is 16.3 Å². The highest BCUT2D eigenvalue weighted by atomic mass is 35.5. The molecule has 31 heavy (non-hydrogen) atoms. The molecule has 4 rings (SSSR count). The van der Waals surface area contributed by atoms with Gasteiger partial charge in [0.2, 0.25) is 5.24 Å². The lowest BCUT2D eigenvalue weighted by atomic mass is 9.85. The number of allylic oxidation sites excluding steroid dienone is 1. The van der Waals surface area contributed by atoms with Gasteiger partial charge in [-0.1, -0.05) is 12.1 Å². The third-order valence-electron chi connectivity index (χ3n) is 6.00. The molecule has 1 aliphatic heterocycles. The van der Waals surface area contributed by atoms with E-state index in [1.165, 1.54) is 34.4 Å². The zero-order valence-corrected chi connectivity index (χ0v) is 18.1. The van der Waals surface area contributed by atoms with Crippen molar-refractivity contribution >= 4 is 22.4 Å². The monoisotopic (exact) mass is 443 g/mol. The maximum absolute atomic E-state index is 13.7. The average Bonchev–Trinajstić information content (AvgIpc) is 2.70. The van der Waals surface area contributed by atoms with Crippen LogP contribution in [0.5, 0.6) is 5.75 Å². The van der Waals surface area contributed by atoms with E-state index in [-0.39, 0.29) is 11.3 Å². The van der Waals surface area contributed by atoms with Crippen molar-refractivity contribution in [3.05, 3.63) is 82.6 Å². The van der Waals surface area contributed by atoms with Crippen LogP contribution in [0.3, 0.4) is 0 Å². The number of rotatable bonds is 8. The minimum Gasteiger partial charge on any atom is -0.494 e. The van der Waals surface area contributed by atoms with Gasteiger partial charge in [-0.3, -0.25) is 4.79 Å². The van der Waals surface area contributed by atoms with E-state index >= 15 is 0 Å². The van der Waals surface area contributed by atoms with Crippen LogP contribution in [-0.4, -0.2) is 29.3 Å². The van der Waals surface area contributed by atoms with Crippen LogP contribution in [-0.2, 0) is 17.6 Å². The molecule has 162 valence electrons. The normalized spacial score (nSPS) is 17.4. The fourth-order valence-corrected chi connectivity index (χ4v) is 4.34. The molecule has 0 aromatic heterocycles. The van der Waals surface area contributed by atoms with E-state index in [0.29, 0.717) is 31.6 Å². The van der Waals surface area contributed by atoms with Crippen molar-refractivity contribution in [3.63, 3.8) is 0 Å². The molecule has 6 heteroatoms. The van der Waals surface area contributed by atoms with E-state index in [0.717, 1.165) is 24.7 Å². The van der Waals surface area contributed by atoms with Gasteiger partial charge in [-0.15, -0.1) is 0 Å². The molecule has 0 fully saturated rings. The highest BCUT2D eigenvalue weighted by molar-refractivity contribution is 6.65. The Bertz CT molecular complexity index is 1060. The number of ether oxygens (including phenoxy) is 1. The molecule has 1 heterocycles. The van der Waals surface area contributed by atoms with Crippen LogP contribution in [0.2, 0.25) is 0 Å². The van der Waals surface area contributed by atoms with Gasteiger partial charge in [-0.25, -0.2) is 8.78 Å². The maximum atomic E-state index is 13.7. The van der Waals surface area contributed by atoms with Crippen molar-refractivity contribution in [2.24, 2.45) is 0 Å². The van der Waals surface area contributed by atoms with Crippen LogP contribution in [0.25, 0.3) is 5.57 Å². The zero-order valence-electron chi connectivity index (χ0n) is 17.3. The lowest BCUT2D eigenvalue weighted by Crippen LogP contribution is -2.42. The molecule has 2 aliphatic rings. The van der Waals surface area contributed by atoms with E-state index in [1.807, 2.05) is 23.2 Å². The SMILES string of the molecule is CC1=C(CN2C=CC2C(=O)Cl)CCc2cc(OCCCc3ccc(F)cc3F)ccc21. The van der Waals surface area contributed by atoms with Crippen molar-refractivity contribution in [2.75, 3.05) is 13.2 Å². The summed E-state index contributed by atoms with van der Waals surface area (Å²) in [5, 5.41) is -0.346. The van der Waals surface area contributed by atoms with Crippen molar-refractivity contribution in [2.45, 2.75) is 38.6 Å². The van der Waals surface area contributed by atoms with Crippen LogP contribution in [0.15, 0.2) is 54.2 Å². The first-order chi connectivity index (χ1) is 14.9. The number of halogens is 3. The largest absolute Gasteiger partial charge is 0.494 e. The molecule has 0 N–H and O–H groups in total. The lowest BCUT2D eigenvalue weighted by molar-refractivity contribution is -0.115. The van der Waals surface area contributed by atoms with Gasteiger partial charge >= 0.3 is 0 Å². The van der Waals surface area contributed by atoms with Crippen molar-refractivity contribution < 1.29 is 18.3 Å². The van der Waals surface area contributed by atoms with Gasteiger partial charge < -0.3 is 9.64 Å². The third-order valence-corrected chi connectivity index (χ3v) is 6.23. The zero-order chi connectivity index (χ0) is 22.0.